The number of nitrogens with zero attached hydrogens (tertiary/aromatic N) is 3. The van der Waals surface area contributed by atoms with E-state index in [1.165, 1.54) is 5.57 Å². The maximum Gasteiger partial charge on any atom is 0.0738 e. The molecule has 1 aromatic rings. The van der Waals surface area contributed by atoms with Gasteiger partial charge in [-0.05, 0) is 32.4 Å². The first kappa shape index (κ1) is 14.7. The molecule has 0 saturated carbocycles. The normalized spacial score (nSPS) is 13.0. The third-order valence-corrected chi connectivity index (χ3v) is 3.25. The van der Waals surface area contributed by atoms with Crippen molar-refractivity contribution < 1.29 is 0 Å². The van der Waals surface area contributed by atoms with Crippen molar-refractivity contribution in [2.24, 2.45) is 12.5 Å². The summed E-state index contributed by atoms with van der Waals surface area (Å²) in [5.41, 5.74) is 5.64. The molecule has 1 unspecified atom stereocenters. The summed E-state index contributed by atoms with van der Waals surface area (Å²) >= 11 is 0. The van der Waals surface area contributed by atoms with Gasteiger partial charge in [0.2, 0.25) is 0 Å². The second-order valence-electron chi connectivity index (χ2n) is 5.56. The van der Waals surface area contributed by atoms with Crippen molar-refractivity contribution in [3.8, 4) is 0 Å². The molecule has 4 heteroatoms. The first-order valence-electron chi connectivity index (χ1n) is 6.31. The summed E-state index contributed by atoms with van der Waals surface area (Å²) in [7, 11) is 1.91. The fourth-order valence-corrected chi connectivity index (χ4v) is 1.45. The summed E-state index contributed by atoms with van der Waals surface area (Å²) < 4.78 is 1.79. The Hall–Kier alpha value is -1.38. The highest BCUT2D eigenvalue weighted by Crippen LogP contribution is 2.22. The number of aromatic nitrogens is 3. The minimum absolute atomic E-state index is 0.0588. The molecule has 100 valence electrons. The molecule has 0 aromatic carbocycles. The van der Waals surface area contributed by atoms with Crippen LogP contribution in [0, 0.1) is 5.41 Å². The Morgan fingerprint density at radius 2 is 2.22 bits per heavy atom. The highest BCUT2D eigenvalue weighted by Gasteiger charge is 2.22. The quantitative estimate of drug-likeness (QED) is 0.814. The van der Waals surface area contributed by atoms with E-state index in [1.54, 1.807) is 10.9 Å². The van der Waals surface area contributed by atoms with E-state index < -0.39 is 0 Å². The van der Waals surface area contributed by atoms with Crippen LogP contribution < -0.4 is 5.32 Å². The molecule has 1 aromatic heterocycles. The molecule has 1 heterocycles. The molecule has 1 N–H and O–H groups in total. The lowest BCUT2D eigenvalue weighted by atomic mass is 9.85. The van der Waals surface area contributed by atoms with Crippen LogP contribution in [0.25, 0.3) is 0 Å². The highest BCUT2D eigenvalue weighted by molar-refractivity contribution is 5.04. The van der Waals surface area contributed by atoms with E-state index in [9.17, 15) is 0 Å². The molecule has 0 aliphatic heterocycles. The molecule has 0 saturated heterocycles. The zero-order valence-electron chi connectivity index (χ0n) is 12.3. The number of aryl methyl sites for hydroxylation is 1. The van der Waals surface area contributed by atoms with Crippen LogP contribution in [0.2, 0.25) is 0 Å². The van der Waals surface area contributed by atoms with Crippen molar-refractivity contribution in [1.82, 2.24) is 20.3 Å². The number of hydrogen-bond donors (Lipinski definition) is 1. The van der Waals surface area contributed by atoms with Gasteiger partial charge in [0.1, 0.15) is 0 Å². The third-order valence-electron chi connectivity index (χ3n) is 3.25. The minimum Gasteiger partial charge on any atom is -0.308 e. The molecular weight excluding hydrogens is 224 g/mol. The van der Waals surface area contributed by atoms with Gasteiger partial charge in [-0.3, -0.25) is 4.68 Å². The predicted octanol–water partition coefficient (Wildman–Crippen LogP) is 2.44. The molecule has 0 radical (unpaired) electrons. The van der Waals surface area contributed by atoms with Crippen LogP contribution in [-0.4, -0.2) is 21.0 Å². The van der Waals surface area contributed by atoms with E-state index in [4.69, 9.17) is 0 Å². The Balaban J connectivity index is 2.62. The molecule has 0 spiro atoms. The zero-order valence-corrected chi connectivity index (χ0v) is 12.3. The molecule has 1 atom stereocenters. The minimum atomic E-state index is 0.0588. The smallest absolute Gasteiger partial charge is 0.0738 e. The van der Waals surface area contributed by atoms with E-state index in [2.05, 4.69) is 62.1 Å². The van der Waals surface area contributed by atoms with Gasteiger partial charge >= 0.3 is 0 Å². The molecule has 4 nitrogen and oxygen atoms in total. The summed E-state index contributed by atoms with van der Waals surface area (Å²) in [5.74, 6) is 0. The first-order valence-corrected chi connectivity index (χ1v) is 6.31. The summed E-state index contributed by atoms with van der Waals surface area (Å²) in [6.45, 7) is 11.5. The molecule has 0 bridgehead atoms. The van der Waals surface area contributed by atoms with Crippen molar-refractivity contribution >= 4 is 0 Å². The Morgan fingerprint density at radius 1 is 1.56 bits per heavy atom. The van der Waals surface area contributed by atoms with Crippen LogP contribution in [0.5, 0.6) is 0 Å². The molecule has 0 aliphatic rings. The van der Waals surface area contributed by atoms with Gasteiger partial charge in [0.05, 0.1) is 11.9 Å². The van der Waals surface area contributed by atoms with Gasteiger partial charge in [0.25, 0.3) is 0 Å². The van der Waals surface area contributed by atoms with Crippen LogP contribution in [0.1, 0.15) is 40.3 Å². The largest absolute Gasteiger partial charge is 0.308 e. The summed E-state index contributed by atoms with van der Waals surface area (Å²) in [5, 5.41) is 11.3. The van der Waals surface area contributed by atoms with E-state index in [-0.39, 0.29) is 5.41 Å². The number of hydrogen-bond acceptors (Lipinski definition) is 3. The van der Waals surface area contributed by atoms with Gasteiger partial charge in [-0.2, -0.15) is 0 Å². The molecular formula is C14H24N4. The lowest BCUT2D eigenvalue weighted by molar-refractivity contribution is 0.325. The van der Waals surface area contributed by atoms with E-state index >= 15 is 0 Å². The van der Waals surface area contributed by atoms with Crippen molar-refractivity contribution in [1.29, 1.82) is 0 Å². The standard InChI is InChI=1S/C14H24N4/c1-11(2)7-8-14(4,5)12(3)15-9-13-10-16-17-18(13)6/h8,10,12,15H,9H2,1-6H3. The highest BCUT2D eigenvalue weighted by atomic mass is 15.4. The topological polar surface area (TPSA) is 42.7 Å². The molecule has 0 amide bonds. The molecule has 1 rings (SSSR count). The van der Waals surface area contributed by atoms with E-state index in [0.717, 1.165) is 12.2 Å². The number of nitrogens with one attached hydrogen (secondary N) is 1. The average molecular weight is 248 g/mol. The predicted molar refractivity (Wildman–Crippen MR) is 74.0 cm³/mol. The van der Waals surface area contributed by atoms with Gasteiger partial charge in [-0.15, -0.1) is 10.8 Å². The fraction of sp³-hybridized carbons (Fsp3) is 0.643. The van der Waals surface area contributed by atoms with E-state index in [1.807, 2.05) is 7.05 Å². The van der Waals surface area contributed by atoms with Gasteiger partial charge < -0.3 is 5.32 Å². The maximum absolute atomic E-state index is 3.92. The fourth-order valence-electron chi connectivity index (χ4n) is 1.45. The van der Waals surface area contributed by atoms with Crippen LogP contribution in [0.15, 0.2) is 23.6 Å². The summed E-state index contributed by atoms with van der Waals surface area (Å²) in [4.78, 5) is 0. The van der Waals surface area contributed by atoms with Crippen molar-refractivity contribution in [3.05, 3.63) is 29.3 Å². The summed E-state index contributed by atoms with van der Waals surface area (Å²) in [6.07, 6.45) is 3.93. The summed E-state index contributed by atoms with van der Waals surface area (Å²) in [6, 6.07) is 0.347. The lowest BCUT2D eigenvalue weighted by Crippen LogP contribution is -2.38. The van der Waals surface area contributed by atoms with Gasteiger partial charge in [-0.25, -0.2) is 0 Å². The van der Waals surface area contributed by atoms with Crippen LogP contribution >= 0.6 is 0 Å². The third kappa shape index (κ3) is 4.13. The van der Waals surface area contributed by atoms with Crippen LogP contribution in [-0.2, 0) is 13.6 Å². The second kappa shape index (κ2) is 5.98. The Bertz CT molecular complexity index is 446. The van der Waals surface area contributed by atoms with Gasteiger partial charge in [0.15, 0.2) is 0 Å². The maximum atomic E-state index is 3.92. The molecule has 18 heavy (non-hydrogen) atoms. The average Bonchev–Trinajstić information content (AvgIpc) is 2.69. The van der Waals surface area contributed by atoms with Crippen LogP contribution in [0.3, 0.4) is 0 Å². The first-order chi connectivity index (χ1) is 8.33. The molecule has 0 aliphatic carbocycles. The van der Waals surface area contributed by atoms with Gasteiger partial charge in [0, 0.05) is 25.0 Å². The SMILES string of the molecule is CC(C)=C=CC(C)(C)C(C)NCc1cnnn1C. The number of rotatable bonds is 5. The Kier molecular flexibility index (Phi) is 4.88. The monoisotopic (exact) mass is 248 g/mol. The van der Waals surface area contributed by atoms with E-state index in [0.29, 0.717) is 6.04 Å². The Labute approximate surface area is 110 Å². The van der Waals surface area contributed by atoms with Crippen molar-refractivity contribution in [3.63, 3.8) is 0 Å². The molecule has 0 fully saturated rings. The zero-order chi connectivity index (χ0) is 13.8. The van der Waals surface area contributed by atoms with Gasteiger partial charge in [-0.1, -0.05) is 19.1 Å². The Morgan fingerprint density at radius 3 is 2.72 bits per heavy atom. The van der Waals surface area contributed by atoms with Crippen molar-refractivity contribution in [2.75, 3.05) is 0 Å². The van der Waals surface area contributed by atoms with Crippen molar-refractivity contribution in [2.45, 2.75) is 47.2 Å². The lowest BCUT2D eigenvalue weighted by Gasteiger charge is -2.28. The second-order valence-corrected chi connectivity index (χ2v) is 5.56. The van der Waals surface area contributed by atoms with Crippen LogP contribution in [0.4, 0.5) is 0 Å².